The van der Waals surface area contributed by atoms with Crippen molar-refractivity contribution in [1.29, 1.82) is 0 Å². The van der Waals surface area contributed by atoms with E-state index >= 15 is 0 Å². The van der Waals surface area contributed by atoms with Crippen LogP contribution in [0.15, 0.2) is 48.5 Å². The van der Waals surface area contributed by atoms with E-state index in [2.05, 4.69) is 43.4 Å². The number of alkyl carbamates (subject to hydrolysis) is 1. The van der Waals surface area contributed by atoms with Crippen molar-refractivity contribution >= 4 is 12.1 Å². The molecule has 2 aromatic carbocycles. The van der Waals surface area contributed by atoms with Crippen LogP contribution in [-0.2, 0) is 9.53 Å². The van der Waals surface area contributed by atoms with Gasteiger partial charge in [-0.05, 0) is 48.6 Å². The van der Waals surface area contributed by atoms with Crippen LogP contribution in [0, 0.1) is 0 Å². The van der Waals surface area contributed by atoms with Gasteiger partial charge in [0.05, 0.1) is 0 Å². The molecule has 0 aromatic heterocycles. The highest BCUT2D eigenvalue weighted by molar-refractivity contribution is 5.79. The van der Waals surface area contributed by atoms with Gasteiger partial charge in [-0.25, -0.2) is 4.79 Å². The zero-order chi connectivity index (χ0) is 24.5. The third-order valence-corrected chi connectivity index (χ3v) is 6.57. The van der Waals surface area contributed by atoms with E-state index in [4.69, 9.17) is 4.74 Å². The molecule has 0 bridgehead atoms. The number of benzene rings is 2. The Kier molecular flexibility index (Phi) is 9.52. The summed E-state index contributed by atoms with van der Waals surface area (Å²) >= 11 is 0. The van der Waals surface area contributed by atoms with Crippen LogP contribution in [0.3, 0.4) is 0 Å². The largest absolute Gasteiger partial charge is 0.480 e. The summed E-state index contributed by atoms with van der Waals surface area (Å²) in [5.74, 6) is -0.780. The number of fused-ring (bicyclic) bond motifs is 3. The zero-order valence-corrected chi connectivity index (χ0v) is 20.6. The smallest absolute Gasteiger partial charge is 0.407 e. The van der Waals surface area contributed by atoms with Crippen LogP contribution in [0.25, 0.3) is 11.1 Å². The van der Waals surface area contributed by atoms with Crippen molar-refractivity contribution in [2.75, 3.05) is 19.7 Å². The lowest BCUT2D eigenvalue weighted by Crippen LogP contribution is -2.49. The van der Waals surface area contributed by atoms with E-state index in [0.717, 1.165) is 25.7 Å². The van der Waals surface area contributed by atoms with Gasteiger partial charge in [0.1, 0.15) is 12.6 Å². The first-order valence-electron chi connectivity index (χ1n) is 12.5. The maximum Gasteiger partial charge on any atom is 0.407 e. The summed E-state index contributed by atoms with van der Waals surface area (Å²) < 4.78 is 5.66. The van der Waals surface area contributed by atoms with Gasteiger partial charge in [0.2, 0.25) is 0 Å². The van der Waals surface area contributed by atoms with Crippen molar-refractivity contribution in [1.82, 2.24) is 10.2 Å². The molecule has 1 aliphatic rings. The Labute approximate surface area is 203 Å². The minimum atomic E-state index is -0.794. The first kappa shape index (κ1) is 25.8. The van der Waals surface area contributed by atoms with Crippen LogP contribution in [0.4, 0.5) is 4.79 Å². The van der Waals surface area contributed by atoms with E-state index in [1.165, 1.54) is 22.3 Å². The molecule has 0 fully saturated rings. The molecule has 6 heteroatoms. The fourth-order valence-electron chi connectivity index (χ4n) is 4.83. The number of carbonyl (C=O) groups is 2. The van der Waals surface area contributed by atoms with E-state index in [1.54, 1.807) is 0 Å². The second-order valence-electron chi connectivity index (χ2n) is 9.22. The molecule has 0 saturated heterocycles. The average Bonchev–Trinajstić information content (AvgIpc) is 3.14. The van der Waals surface area contributed by atoms with E-state index in [9.17, 15) is 14.7 Å². The Morgan fingerprint density at radius 1 is 1.00 bits per heavy atom. The third-order valence-electron chi connectivity index (χ3n) is 6.57. The van der Waals surface area contributed by atoms with Gasteiger partial charge in [-0.3, -0.25) is 9.69 Å². The van der Waals surface area contributed by atoms with E-state index in [1.807, 2.05) is 36.1 Å². The molecule has 3 rings (SSSR count). The van der Waals surface area contributed by atoms with E-state index < -0.39 is 18.1 Å². The highest BCUT2D eigenvalue weighted by atomic mass is 16.5. The van der Waals surface area contributed by atoms with Gasteiger partial charge >= 0.3 is 12.1 Å². The second kappa shape index (κ2) is 12.6. The van der Waals surface area contributed by atoms with Crippen molar-refractivity contribution in [3.05, 3.63) is 59.7 Å². The molecule has 0 radical (unpaired) electrons. The molecule has 0 heterocycles. The number of hydrogen-bond acceptors (Lipinski definition) is 4. The molecule has 1 aliphatic carbocycles. The molecule has 184 valence electrons. The molecule has 0 saturated carbocycles. The fraction of sp³-hybridized carbons (Fsp3) is 0.500. The highest BCUT2D eigenvalue weighted by Gasteiger charge is 2.30. The third kappa shape index (κ3) is 6.38. The Balaban J connectivity index is 1.59. The van der Waals surface area contributed by atoms with Crippen LogP contribution in [0.2, 0.25) is 0 Å². The maximum atomic E-state index is 12.6. The van der Waals surface area contributed by atoms with Gasteiger partial charge in [0, 0.05) is 18.5 Å². The first-order valence-corrected chi connectivity index (χ1v) is 12.5. The number of amides is 1. The zero-order valence-electron chi connectivity index (χ0n) is 20.6. The number of aliphatic carboxylic acids is 1. The Bertz CT molecular complexity index is 915. The van der Waals surface area contributed by atoms with Crippen molar-refractivity contribution < 1.29 is 19.4 Å². The van der Waals surface area contributed by atoms with Gasteiger partial charge in [-0.2, -0.15) is 0 Å². The Morgan fingerprint density at radius 3 is 2.15 bits per heavy atom. The maximum absolute atomic E-state index is 12.6. The molecule has 6 nitrogen and oxygen atoms in total. The van der Waals surface area contributed by atoms with Crippen molar-refractivity contribution in [3.63, 3.8) is 0 Å². The predicted molar refractivity (Wildman–Crippen MR) is 135 cm³/mol. The Morgan fingerprint density at radius 2 is 1.59 bits per heavy atom. The quantitative estimate of drug-likeness (QED) is 0.398. The number of ether oxygens (including phenoxy) is 1. The minimum absolute atomic E-state index is 0.0138. The topological polar surface area (TPSA) is 78.9 Å². The first-order chi connectivity index (χ1) is 16.5. The second-order valence-corrected chi connectivity index (χ2v) is 9.22. The molecular formula is C28H38N2O4. The summed E-state index contributed by atoms with van der Waals surface area (Å²) in [4.78, 5) is 26.5. The summed E-state index contributed by atoms with van der Waals surface area (Å²) in [5, 5.41) is 12.7. The number of unbranched alkanes of at least 4 members (excludes halogenated alkanes) is 2. The number of hydrogen-bond donors (Lipinski definition) is 2. The SMILES string of the molecule is CCCC[C@@H](C(=O)O)N(CCCC)C[C@@H](C)NC(=O)OCC1c2ccccc2-c2ccccc21. The lowest BCUT2D eigenvalue weighted by Gasteiger charge is -2.31. The number of carboxylic acid groups (broad SMARTS) is 1. The summed E-state index contributed by atoms with van der Waals surface area (Å²) in [7, 11) is 0. The molecule has 1 amide bonds. The predicted octanol–water partition coefficient (Wildman–Crippen LogP) is 5.66. The number of carboxylic acids is 1. The fourth-order valence-corrected chi connectivity index (χ4v) is 4.83. The standard InChI is InChI=1S/C28H38N2O4/c1-4-6-16-26(27(31)32)30(17-7-5-2)18-20(3)29-28(33)34-19-25-23-14-10-8-12-21(23)22-13-9-11-15-24(22)25/h8-15,20,25-26H,4-7,16-19H2,1-3H3,(H,29,33)(H,31,32)/t20-,26+/m1/s1. The van der Waals surface area contributed by atoms with Gasteiger partial charge in [0.15, 0.2) is 0 Å². The number of nitrogens with one attached hydrogen (secondary N) is 1. The van der Waals surface area contributed by atoms with Crippen LogP contribution in [0.5, 0.6) is 0 Å². The van der Waals surface area contributed by atoms with Gasteiger partial charge in [-0.15, -0.1) is 0 Å². The monoisotopic (exact) mass is 466 g/mol. The normalized spacial score (nSPS) is 14.4. The van der Waals surface area contributed by atoms with E-state index in [-0.39, 0.29) is 18.6 Å². The molecule has 2 atom stereocenters. The van der Waals surface area contributed by atoms with Gasteiger partial charge in [-0.1, -0.05) is 81.6 Å². The molecule has 34 heavy (non-hydrogen) atoms. The minimum Gasteiger partial charge on any atom is -0.480 e. The van der Waals surface area contributed by atoms with Crippen molar-refractivity contribution in [3.8, 4) is 11.1 Å². The van der Waals surface area contributed by atoms with Crippen LogP contribution in [-0.4, -0.2) is 53.8 Å². The number of rotatable bonds is 13. The lowest BCUT2D eigenvalue weighted by molar-refractivity contribution is -0.143. The molecular weight excluding hydrogens is 428 g/mol. The summed E-state index contributed by atoms with van der Waals surface area (Å²) in [6.07, 6.45) is 3.89. The van der Waals surface area contributed by atoms with Gasteiger partial charge in [0.25, 0.3) is 0 Å². The van der Waals surface area contributed by atoms with E-state index in [0.29, 0.717) is 19.5 Å². The van der Waals surface area contributed by atoms with Crippen LogP contribution in [0.1, 0.15) is 69.9 Å². The summed E-state index contributed by atoms with van der Waals surface area (Å²) in [6, 6.07) is 15.7. The number of carbonyl (C=O) groups excluding carboxylic acids is 1. The Hall–Kier alpha value is -2.86. The van der Waals surface area contributed by atoms with Crippen LogP contribution >= 0.6 is 0 Å². The van der Waals surface area contributed by atoms with Crippen molar-refractivity contribution in [2.24, 2.45) is 0 Å². The lowest BCUT2D eigenvalue weighted by atomic mass is 9.98. The average molecular weight is 467 g/mol. The molecule has 0 spiro atoms. The molecule has 2 N–H and O–H groups in total. The summed E-state index contributed by atoms with van der Waals surface area (Å²) in [6.45, 7) is 7.51. The summed E-state index contributed by atoms with van der Waals surface area (Å²) in [5.41, 5.74) is 4.74. The van der Waals surface area contributed by atoms with Crippen LogP contribution < -0.4 is 5.32 Å². The highest BCUT2D eigenvalue weighted by Crippen LogP contribution is 2.44. The van der Waals surface area contributed by atoms with Crippen molar-refractivity contribution in [2.45, 2.75) is 70.9 Å². The molecule has 0 unspecified atom stereocenters. The molecule has 0 aliphatic heterocycles. The molecule has 2 aromatic rings. The number of nitrogens with zero attached hydrogens (tertiary/aromatic N) is 1. The van der Waals surface area contributed by atoms with Gasteiger partial charge < -0.3 is 15.2 Å².